The van der Waals surface area contributed by atoms with Crippen LogP contribution in [0.15, 0.2) is 36.8 Å². The van der Waals surface area contributed by atoms with Crippen LogP contribution in [0.1, 0.15) is 21.6 Å². The van der Waals surface area contributed by atoms with Gasteiger partial charge in [-0.2, -0.15) is 14.9 Å². The van der Waals surface area contributed by atoms with E-state index in [9.17, 15) is 9.18 Å². The molecule has 0 atom stereocenters. The van der Waals surface area contributed by atoms with Crippen molar-refractivity contribution in [1.29, 1.82) is 0 Å². The van der Waals surface area contributed by atoms with Crippen LogP contribution in [0.5, 0.6) is 0 Å². The highest BCUT2D eigenvalue weighted by Gasteiger charge is 2.28. The summed E-state index contributed by atoms with van der Waals surface area (Å²) >= 11 is 0. The number of benzene rings is 1. The molecule has 1 aliphatic rings. The summed E-state index contributed by atoms with van der Waals surface area (Å²) in [5.41, 5.74) is 3.53. The van der Waals surface area contributed by atoms with Crippen LogP contribution in [0.25, 0.3) is 17.1 Å². The number of carbonyl (C=O) groups is 1. The number of nitrogens with one attached hydrogen (secondary N) is 2. The van der Waals surface area contributed by atoms with Gasteiger partial charge in [0.1, 0.15) is 17.7 Å². The Bertz CT molecular complexity index is 1150. The summed E-state index contributed by atoms with van der Waals surface area (Å²) < 4.78 is 15.0. The maximum absolute atomic E-state index is 13.6. The third-order valence-corrected chi connectivity index (χ3v) is 4.75. The van der Waals surface area contributed by atoms with Crippen molar-refractivity contribution in [2.75, 3.05) is 6.54 Å². The van der Waals surface area contributed by atoms with Gasteiger partial charge in [0.25, 0.3) is 5.91 Å². The highest BCUT2D eigenvalue weighted by Crippen LogP contribution is 2.29. The summed E-state index contributed by atoms with van der Waals surface area (Å²) in [7, 11) is 0. The van der Waals surface area contributed by atoms with Gasteiger partial charge in [0.2, 0.25) is 0 Å². The van der Waals surface area contributed by atoms with E-state index in [-0.39, 0.29) is 11.7 Å². The number of fused-ring (bicyclic) bond motifs is 1. The van der Waals surface area contributed by atoms with E-state index in [1.165, 1.54) is 29.3 Å². The van der Waals surface area contributed by atoms with Crippen LogP contribution in [0.3, 0.4) is 0 Å². The predicted octanol–water partition coefficient (Wildman–Crippen LogP) is 1.11. The first kappa shape index (κ1) is 16.3. The van der Waals surface area contributed by atoms with Crippen molar-refractivity contribution in [1.82, 2.24) is 45.5 Å². The second-order valence-electron chi connectivity index (χ2n) is 6.40. The maximum Gasteiger partial charge on any atom is 0.259 e. The lowest BCUT2D eigenvalue weighted by Crippen LogP contribution is -2.36. The third kappa shape index (κ3) is 2.64. The SMILES string of the molecule is O=C(c1cn[nH]c1-n1cnnn1)N1CCc2[nH]nc(-c3cccc(F)c3)c2C1. The van der Waals surface area contributed by atoms with Crippen LogP contribution in [-0.2, 0) is 13.0 Å². The number of aromatic amines is 2. The quantitative estimate of drug-likeness (QED) is 0.550. The molecular weight excluding hydrogens is 365 g/mol. The molecule has 4 heterocycles. The fourth-order valence-corrected chi connectivity index (χ4v) is 3.39. The van der Waals surface area contributed by atoms with Crippen molar-refractivity contribution in [3.05, 3.63) is 59.4 Å². The minimum Gasteiger partial charge on any atom is -0.334 e. The van der Waals surface area contributed by atoms with Crippen LogP contribution in [0, 0.1) is 5.82 Å². The van der Waals surface area contributed by atoms with Crippen molar-refractivity contribution in [2.45, 2.75) is 13.0 Å². The Balaban J connectivity index is 1.46. The summed E-state index contributed by atoms with van der Waals surface area (Å²) in [5.74, 6) is -0.128. The van der Waals surface area contributed by atoms with E-state index in [1.54, 1.807) is 17.0 Å². The van der Waals surface area contributed by atoms with Gasteiger partial charge in [-0.1, -0.05) is 12.1 Å². The highest BCUT2D eigenvalue weighted by molar-refractivity contribution is 5.97. The summed E-state index contributed by atoms with van der Waals surface area (Å²) in [6, 6.07) is 6.26. The Morgan fingerprint density at radius 2 is 2.18 bits per heavy atom. The fourth-order valence-electron chi connectivity index (χ4n) is 3.39. The van der Waals surface area contributed by atoms with Gasteiger partial charge in [0.15, 0.2) is 5.82 Å². The van der Waals surface area contributed by atoms with Gasteiger partial charge in [-0.15, -0.1) is 5.10 Å². The molecule has 0 saturated carbocycles. The second-order valence-corrected chi connectivity index (χ2v) is 6.40. The van der Waals surface area contributed by atoms with Gasteiger partial charge in [-0.05, 0) is 22.6 Å². The van der Waals surface area contributed by atoms with E-state index in [0.717, 1.165) is 11.3 Å². The third-order valence-electron chi connectivity index (χ3n) is 4.75. The fraction of sp³-hybridized carbons (Fsp3) is 0.176. The molecule has 1 aliphatic heterocycles. The zero-order valence-corrected chi connectivity index (χ0v) is 14.5. The highest BCUT2D eigenvalue weighted by atomic mass is 19.1. The topological polar surface area (TPSA) is 121 Å². The lowest BCUT2D eigenvalue weighted by atomic mass is 10.0. The summed E-state index contributed by atoms with van der Waals surface area (Å²) in [6.07, 6.45) is 3.47. The lowest BCUT2D eigenvalue weighted by Gasteiger charge is -2.27. The van der Waals surface area contributed by atoms with Gasteiger partial charge in [0, 0.05) is 36.3 Å². The summed E-state index contributed by atoms with van der Waals surface area (Å²) in [5, 5.41) is 25.0. The first-order valence-electron chi connectivity index (χ1n) is 8.59. The molecule has 0 radical (unpaired) electrons. The van der Waals surface area contributed by atoms with Crippen molar-refractivity contribution in [3.63, 3.8) is 0 Å². The van der Waals surface area contributed by atoms with E-state index in [2.05, 4.69) is 35.9 Å². The Morgan fingerprint density at radius 1 is 1.25 bits per heavy atom. The zero-order valence-electron chi connectivity index (χ0n) is 14.5. The molecule has 0 fully saturated rings. The number of hydrogen-bond donors (Lipinski definition) is 2. The molecule has 140 valence electrons. The number of halogens is 1. The molecule has 5 rings (SSSR count). The summed E-state index contributed by atoms with van der Waals surface area (Å²) in [6.45, 7) is 0.883. The minimum atomic E-state index is -0.331. The smallest absolute Gasteiger partial charge is 0.259 e. The molecule has 0 aliphatic carbocycles. The van der Waals surface area contributed by atoms with E-state index >= 15 is 0 Å². The molecule has 3 aromatic heterocycles. The van der Waals surface area contributed by atoms with Crippen LogP contribution >= 0.6 is 0 Å². The van der Waals surface area contributed by atoms with Crippen LogP contribution < -0.4 is 0 Å². The lowest BCUT2D eigenvalue weighted by molar-refractivity contribution is 0.0734. The molecule has 1 aromatic carbocycles. The van der Waals surface area contributed by atoms with Gasteiger partial charge in [-0.25, -0.2) is 4.39 Å². The molecule has 2 N–H and O–H groups in total. The van der Waals surface area contributed by atoms with E-state index in [0.29, 0.717) is 42.1 Å². The van der Waals surface area contributed by atoms with Crippen molar-refractivity contribution < 1.29 is 9.18 Å². The van der Waals surface area contributed by atoms with Crippen molar-refractivity contribution >= 4 is 5.91 Å². The molecule has 11 heteroatoms. The molecule has 0 spiro atoms. The minimum absolute atomic E-state index is 0.198. The van der Waals surface area contributed by atoms with E-state index < -0.39 is 0 Å². The molecule has 0 saturated heterocycles. The number of amides is 1. The number of aromatic nitrogens is 8. The Morgan fingerprint density at radius 3 is 3.00 bits per heavy atom. The van der Waals surface area contributed by atoms with Crippen LogP contribution in [0.4, 0.5) is 4.39 Å². The Hall–Kier alpha value is -3.89. The first-order chi connectivity index (χ1) is 13.7. The van der Waals surface area contributed by atoms with Gasteiger partial charge >= 0.3 is 0 Å². The van der Waals surface area contributed by atoms with Gasteiger partial charge in [-0.3, -0.25) is 15.0 Å². The normalized spacial score (nSPS) is 13.5. The molecule has 4 aromatic rings. The van der Waals surface area contributed by atoms with Crippen LogP contribution in [-0.4, -0.2) is 58.0 Å². The average molecular weight is 379 g/mol. The number of nitrogens with zero attached hydrogens (tertiary/aromatic N) is 7. The van der Waals surface area contributed by atoms with Crippen LogP contribution in [0.2, 0.25) is 0 Å². The van der Waals surface area contributed by atoms with Gasteiger partial charge in [0.05, 0.1) is 11.9 Å². The zero-order chi connectivity index (χ0) is 19.1. The molecule has 10 nitrogen and oxygen atoms in total. The number of H-pyrrole nitrogens is 2. The molecular formula is C17H14FN9O. The number of carbonyl (C=O) groups excluding carboxylic acids is 1. The molecule has 28 heavy (non-hydrogen) atoms. The first-order valence-corrected chi connectivity index (χ1v) is 8.59. The van der Waals surface area contributed by atoms with Crippen molar-refractivity contribution in [2.24, 2.45) is 0 Å². The number of hydrogen-bond acceptors (Lipinski definition) is 6. The predicted molar refractivity (Wildman–Crippen MR) is 93.7 cm³/mol. The Labute approximate surface area is 157 Å². The standard InChI is InChI=1S/C17H14FN9O/c18-11-3-1-2-10(6-11)15-13-8-26(5-4-14(13)21-22-15)17(28)12-7-19-23-16(12)27-9-20-24-25-27/h1-3,6-7,9H,4-5,8H2,(H,19,23)(H,21,22). The average Bonchev–Trinajstić information content (AvgIpc) is 3.46. The molecule has 1 amide bonds. The van der Waals surface area contributed by atoms with E-state index in [4.69, 9.17) is 0 Å². The molecule has 0 bridgehead atoms. The number of rotatable bonds is 3. The largest absolute Gasteiger partial charge is 0.334 e. The van der Waals surface area contributed by atoms with Gasteiger partial charge < -0.3 is 4.90 Å². The summed E-state index contributed by atoms with van der Waals surface area (Å²) in [4.78, 5) is 14.8. The van der Waals surface area contributed by atoms with E-state index in [1.807, 2.05) is 0 Å². The second kappa shape index (κ2) is 6.37. The molecule has 0 unspecified atom stereocenters. The van der Waals surface area contributed by atoms with Crippen molar-refractivity contribution in [3.8, 4) is 17.1 Å². The Kier molecular flexibility index (Phi) is 3.71. The monoisotopic (exact) mass is 379 g/mol. The number of tetrazole rings is 1. The maximum atomic E-state index is 13.6.